The zero-order valence-corrected chi connectivity index (χ0v) is 11.7. The van der Waals surface area contributed by atoms with Gasteiger partial charge in [-0.25, -0.2) is 0 Å². The molecule has 2 atom stereocenters. The summed E-state index contributed by atoms with van der Waals surface area (Å²) in [5, 5.41) is 0. The minimum Gasteiger partial charge on any atom is -0.374 e. The van der Waals surface area contributed by atoms with Crippen LogP contribution >= 0.6 is 11.8 Å². The number of piperidine rings is 1. The molecule has 0 aromatic rings. The predicted octanol–water partition coefficient (Wildman–Crippen LogP) is 0.198. The molecule has 0 radical (unpaired) electrons. The molecule has 0 aromatic carbocycles. The summed E-state index contributed by atoms with van der Waals surface area (Å²) < 4.78 is 5.71. The maximum absolute atomic E-state index is 11.9. The number of rotatable bonds is 2. The van der Waals surface area contributed by atoms with Gasteiger partial charge in [-0.1, -0.05) is 0 Å². The summed E-state index contributed by atoms with van der Waals surface area (Å²) in [6.45, 7) is 4.20. The second-order valence-corrected chi connectivity index (χ2v) is 5.62. The Balaban J connectivity index is 2.03. The van der Waals surface area contributed by atoms with Gasteiger partial charge in [-0.2, -0.15) is 11.8 Å². The number of likely N-dealkylation sites (tertiary alicyclic amines) is 1. The summed E-state index contributed by atoms with van der Waals surface area (Å²) in [5.41, 5.74) is 0. The maximum atomic E-state index is 11.9. The summed E-state index contributed by atoms with van der Waals surface area (Å²) in [7, 11) is 0. The van der Waals surface area contributed by atoms with E-state index in [1.165, 1.54) is 11.8 Å². The molecule has 5 nitrogen and oxygen atoms in total. The number of morpholine rings is 1. The lowest BCUT2D eigenvalue weighted by atomic mass is 9.98. The summed E-state index contributed by atoms with van der Waals surface area (Å²) in [4.78, 5) is 27.2. The van der Waals surface area contributed by atoms with Gasteiger partial charge in [0.2, 0.25) is 11.8 Å². The summed E-state index contributed by atoms with van der Waals surface area (Å²) in [6.07, 6.45) is 2.85. The highest BCUT2D eigenvalue weighted by Gasteiger charge is 2.39. The summed E-state index contributed by atoms with van der Waals surface area (Å²) in [6, 6.07) is 0.0378. The van der Waals surface area contributed by atoms with Crippen LogP contribution in [0.15, 0.2) is 0 Å². The second-order valence-electron chi connectivity index (χ2n) is 4.75. The largest absolute Gasteiger partial charge is 0.374 e. The Labute approximate surface area is 112 Å². The number of fused-ring (bicyclic) bond motifs is 1. The van der Waals surface area contributed by atoms with E-state index in [1.54, 1.807) is 6.92 Å². The maximum Gasteiger partial charge on any atom is 0.232 e. The lowest BCUT2D eigenvalue weighted by Gasteiger charge is -2.46. The van der Waals surface area contributed by atoms with Crippen LogP contribution in [0, 0.1) is 0 Å². The van der Waals surface area contributed by atoms with Crippen molar-refractivity contribution in [2.45, 2.75) is 25.5 Å². The van der Waals surface area contributed by atoms with Gasteiger partial charge in [-0.3, -0.25) is 9.59 Å². The second kappa shape index (κ2) is 5.93. The predicted molar refractivity (Wildman–Crippen MR) is 70.5 cm³/mol. The third-order valence-electron chi connectivity index (χ3n) is 3.61. The van der Waals surface area contributed by atoms with E-state index >= 15 is 0 Å². The van der Waals surface area contributed by atoms with Crippen LogP contribution in [0.25, 0.3) is 0 Å². The zero-order valence-electron chi connectivity index (χ0n) is 10.9. The number of carbonyl (C=O) groups excluding carboxylic acids is 2. The normalized spacial score (nSPS) is 27.9. The van der Waals surface area contributed by atoms with Gasteiger partial charge in [0.1, 0.15) is 0 Å². The highest BCUT2D eigenvalue weighted by molar-refractivity contribution is 7.99. The topological polar surface area (TPSA) is 49.9 Å². The molecule has 0 aliphatic carbocycles. The van der Waals surface area contributed by atoms with Gasteiger partial charge < -0.3 is 14.5 Å². The summed E-state index contributed by atoms with van der Waals surface area (Å²) in [5.74, 6) is 0.751. The van der Waals surface area contributed by atoms with E-state index < -0.39 is 0 Å². The van der Waals surface area contributed by atoms with Crippen molar-refractivity contribution >= 4 is 23.6 Å². The molecule has 2 fully saturated rings. The lowest BCUT2D eigenvalue weighted by Crippen LogP contribution is -2.62. The fourth-order valence-corrected chi connectivity index (χ4v) is 3.13. The van der Waals surface area contributed by atoms with Gasteiger partial charge in [0.15, 0.2) is 0 Å². The molecule has 0 spiro atoms. The van der Waals surface area contributed by atoms with Gasteiger partial charge >= 0.3 is 0 Å². The smallest absolute Gasteiger partial charge is 0.232 e. The van der Waals surface area contributed by atoms with E-state index in [9.17, 15) is 9.59 Å². The molecule has 0 aromatic heterocycles. The average molecular weight is 272 g/mol. The van der Waals surface area contributed by atoms with Crippen LogP contribution in [0.3, 0.4) is 0 Å². The number of thioether (sulfide) groups is 1. The highest BCUT2D eigenvalue weighted by Crippen LogP contribution is 2.23. The number of hydrogen-bond acceptors (Lipinski definition) is 4. The molecule has 0 bridgehead atoms. The van der Waals surface area contributed by atoms with Gasteiger partial charge in [0, 0.05) is 26.6 Å². The van der Waals surface area contributed by atoms with Crippen LogP contribution in [-0.4, -0.2) is 72.0 Å². The van der Waals surface area contributed by atoms with Crippen LogP contribution in [0.4, 0.5) is 0 Å². The van der Waals surface area contributed by atoms with Crippen molar-refractivity contribution in [3.05, 3.63) is 0 Å². The SMILES string of the molecule is CSCC(=O)N1CC[C@@H]2OCCN(C(C)=O)[C@H]2C1. The van der Waals surface area contributed by atoms with Crippen molar-refractivity contribution in [3.8, 4) is 0 Å². The number of ether oxygens (including phenoxy) is 1. The Morgan fingerprint density at radius 2 is 2.17 bits per heavy atom. The Kier molecular flexibility index (Phi) is 4.50. The van der Waals surface area contributed by atoms with Gasteiger partial charge in [-0.05, 0) is 12.7 Å². The third-order valence-corrected chi connectivity index (χ3v) is 4.15. The van der Waals surface area contributed by atoms with E-state index in [1.807, 2.05) is 16.1 Å². The number of amides is 2. The van der Waals surface area contributed by atoms with E-state index in [0.717, 1.165) is 13.0 Å². The van der Waals surface area contributed by atoms with Crippen LogP contribution in [0.2, 0.25) is 0 Å². The van der Waals surface area contributed by atoms with Crippen molar-refractivity contribution in [2.75, 3.05) is 38.2 Å². The van der Waals surface area contributed by atoms with E-state index in [0.29, 0.717) is 25.4 Å². The first-order chi connectivity index (χ1) is 8.63. The van der Waals surface area contributed by atoms with Gasteiger partial charge in [-0.15, -0.1) is 0 Å². The number of hydrogen-bond donors (Lipinski definition) is 0. The van der Waals surface area contributed by atoms with Crippen LogP contribution in [-0.2, 0) is 14.3 Å². The fourth-order valence-electron chi connectivity index (χ4n) is 2.70. The van der Waals surface area contributed by atoms with Crippen molar-refractivity contribution in [2.24, 2.45) is 0 Å². The molecule has 2 aliphatic rings. The minimum absolute atomic E-state index is 0.0378. The Morgan fingerprint density at radius 1 is 1.39 bits per heavy atom. The minimum atomic E-state index is 0.0378. The molecule has 0 unspecified atom stereocenters. The van der Waals surface area contributed by atoms with Crippen molar-refractivity contribution in [1.29, 1.82) is 0 Å². The molecule has 0 saturated carbocycles. The Morgan fingerprint density at radius 3 is 2.83 bits per heavy atom. The first kappa shape index (κ1) is 13.7. The molecule has 2 aliphatic heterocycles. The Bertz CT molecular complexity index is 337. The van der Waals surface area contributed by atoms with E-state index in [4.69, 9.17) is 4.74 Å². The zero-order chi connectivity index (χ0) is 13.1. The van der Waals surface area contributed by atoms with Crippen molar-refractivity contribution in [3.63, 3.8) is 0 Å². The monoisotopic (exact) mass is 272 g/mol. The first-order valence-electron chi connectivity index (χ1n) is 6.29. The molecule has 2 rings (SSSR count). The molecule has 2 amide bonds. The van der Waals surface area contributed by atoms with Gasteiger partial charge in [0.25, 0.3) is 0 Å². The molecule has 102 valence electrons. The Hall–Kier alpha value is -0.750. The molecular weight excluding hydrogens is 252 g/mol. The van der Waals surface area contributed by atoms with Gasteiger partial charge in [0.05, 0.1) is 24.5 Å². The molecule has 2 heterocycles. The molecule has 0 N–H and O–H groups in total. The van der Waals surface area contributed by atoms with E-state index in [-0.39, 0.29) is 24.0 Å². The number of nitrogens with zero attached hydrogens (tertiary/aromatic N) is 2. The molecule has 18 heavy (non-hydrogen) atoms. The lowest BCUT2D eigenvalue weighted by molar-refractivity contribution is -0.155. The standard InChI is InChI=1S/C12H20N2O3S/c1-9(15)14-5-6-17-11-3-4-13(7-10(11)14)12(16)8-18-2/h10-11H,3-8H2,1-2H3/t10-,11-/m0/s1. The number of carbonyl (C=O) groups is 2. The van der Waals surface area contributed by atoms with Crippen LogP contribution in [0.1, 0.15) is 13.3 Å². The fraction of sp³-hybridized carbons (Fsp3) is 0.833. The highest BCUT2D eigenvalue weighted by atomic mass is 32.2. The first-order valence-corrected chi connectivity index (χ1v) is 7.68. The van der Waals surface area contributed by atoms with Crippen LogP contribution in [0.5, 0.6) is 0 Å². The van der Waals surface area contributed by atoms with Crippen molar-refractivity contribution < 1.29 is 14.3 Å². The molecular formula is C12H20N2O3S. The quantitative estimate of drug-likeness (QED) is 0.720. The third kappa shape index (κ3) is 2.80. The summed E-state index contributed by atoms with van der Waals surface area (Å²) >= 11 is 1.54. The van der Waals surface area contributed by atoms with Crippen LogP contribution < -0.4 is 0 Å². The van der Waals surface area contributed by atoms with E-state index in [2.05, 4.69) is 0 Å². The van der Waals surface area contributed by atoms with Crippen molar-refractivity contribution in [1.82, 2.24) is 9.80 Å². The molecule has 6 heteroatoms. The average Bonchev–Trinajstić information content (AvgIpc) is 2.37. The molecule has 2 saturated heterocycles.